The van der Waals surface area contributed by atoms with Gasteiger partial charge in [0.25, 0.3) is 0 Å². The van der Waals surface area contributed by atoms with Gasteiger partial charge in [0.15, 0.2) is 0 Å². The lowest BCUT2D eigenvalue weighted by atomic mass is 10.4. The highest BCUT2D eigenvalue weighted by molar-refractivity contribution is 5.67. The van der Waals surface area contributed by atoms with Crippen LogP contribution in [0.2, 0.25) is 0 Å². The molecule has 0 aliphatic rings. The number of anilines is 3. The third kappa shape index (κ3) is 3.48. The summed E-state index contributed by atoms with van der Waals surface area (Å²) >= 11 is 0. The SMILES string of the molecule is O=C(O)CCNc1cc(Nc2ccc[nH]2)ncn1. The fourth-order valence-corrected chi connectivity index (χ4v) is 1.37. The number of rotatable bonds is 6. The van der Waals surface area contributed by atoms with Gasteiger partial charge < -0.3 is 20.7 Å². The number of H-pyrrole nitrogens is 1. The Morgan fingerprint density at radius 3 is 2.94 bits per heavy atom. The fraction of sp³-hybridized carbons (Fsp3) is 0.182. The first-order valence-electron chi connectivity index (χ1n) is 5.42. The lowest BCUT2D eigenvalue weighted by molar-refractivity contribution is -0.136. The van der Waals surface area contributed by atoms with Crippen molar-refractivity contribution in [3.63, 3.8) is 0 Å². The summed E-state index contributed by atoms with van der Waals surface area (Å²) in [5, 5.41) is 14.5. The molecule has 94 valence electrons. The summed E-state index contributed by atoms with van der Waals surface area (Å²) in [6, 6.07) is 5.46. The van der Waals surface area contributed by atoms with E-state index in [2.05, 4.69) is 25.6 Å². The molecule has 0 aromatic carbocycles. The van der Waals surface area contributed by atoms with E-state index in [4.69, 9.17) is 5.11 Å². The van der Waals surface area contributed by atoms with Crippen molar-refractivity contribution in [2.45, 2.75) is 6.42 Å². The highest BCUT2D eigenvalue weighted by Gasteiger charge is 2.01. The van der Waals surface area contributed by atoms with Crippen molar-refractivity contribution >= 4 is 23.4 Å². The van der Waals surface area contributed by atoms with E-state index in [1.54, 1.807) is 12.3 Å². The highest BCUT2D eigenvalue weighted by atomic mass is 16.4. The summed E-state index contributed by atoms with van der Waals surface area (Å²) in [4.78, 5) is 21.4. The van der Waals surface area contributed by atoms with Crippen molar-refractivity contribution in [2.24, 2.45) is 0 Å². The maximum atomic E-state index is 10.4. The number of hydrogen-bond acceptors (Lipinski definition) is 5. The number of carboxylic acids is 1. The van der Waals surface area contributed by atoms with Gasteiger partial charge in [-0.15, -0.1) is 0 Å². The van der Waals surface area contributed by atoms with E-state index in [1.807, 2.05) is 12.1 Å². The van der Waals surface area contributed by atoms with Gasteiger partial charge in [-0.25, -0.2) is 9.97 Å². The fourth-order valence-electron chi connectivity index (χ4n) is 1.37. The van der Waals surface area contributed by atoms with Crippen molar-refractivity contribution < 1.29 is 9.90 Å². The van der Waals surface area contributed by atoms with Gasteiger partial charge in [0.1, 0.15) is 23.8 Å². The van der Waals surface area contributed by atoms with Crippen LogP contribution < -0.4 is 10.6 Å². The number of aromatic amines is 1. The van der Waals surface area contributed by atoms with E-state index in [-0.39, 0.29) is 6.42 Å². The number of carbonyl (C=O) groups is 1. The van der Waals surface area contributed by atoms with Crippen LogP contribution in [0.1, 0.15) is 6.42 Å². The lowest BCUT2D eigenvalue weighted by Gasteiger charge is -2.06. The van der Waals surface area contributed by atoms with Crippen LogP contribution in [-0.2, 0) is 4.79 Å². The third-order valence-corrected chi connectivity index (χ3v) is 2.17. The molecule has 0 atom stereocenters. The molecule has 0 unspecified atom stereocenters. The molecule has 2 aromatic rings. The quantitative estimate of drug-likeness (QED) is 0.616. The van der Waals surface area contributed by atoms with Crippen LogP contribution in [0.3, 0.4) is 0 Å². The minimum atomic E-state index is -0.846. The molecule has 0 fully saturated rings. The van der Waals surface area contributed by atoms with E-state index < -0.39 is 5.97 Å². The smallest absolute Gasteiger partial charge is 0.305 e. The van der Waals surface area contributed by atoms with Crippen LogP contribution in [0, 0.1) is 0 Å². The molecule has 0 saturated heterocycles. The first kappa shape index (κ1) is 11.9. The predicted octanol–water partition coefficient (Wildman–Crippen LogP) is 1.43. The first-order valence-corrected chi connectivity index (χ1v) is 5.42. The predicted molar refractivity (Wildman–Crippen MR) is 66.8 cm³/mol. The second-order valence-electron chi connectivity index (χ2n) is 3.57. The zero-order chi connectivity index (χ0) is 12.8. The monoisotopic (exact) mass is 247 g/mol. The minimum Gasteiger partial charge on any atom is -0.481 e. The molecule has 0 aliphatic carbocycles. The Hall–Kier alpha value is -2.57. The molecule has 7 heteroatoms. The second-order valence-corrected chi connectivity index (χ2v) is 3.57. The van der Waals surface area contributed by atoms with Gasteiger partial charge in [0.05, 0.1) is 6.42 Å². The Bertz CT molecular complexity index is 512. The third-order valence-electron chi connectivity index (χ3n) is 2.17. The van der Waals surface area contributed by atoms with E-state index in [9.17, 15) is 4.79 Å². The summed E-state index contributed by atoms with van der Waals surface area (Å²) in [5.41, 5.74) is 0. The van der Waals surface area contributed by atoms with Gasteiger partial charge in [0, 0.05) is 18.8 Å². The topological polar surface area (TPSA) is 103 Å². The molecular weight excluding hydrogens is 234 g/mol. The molecule has 18 heavy (non-hydrogen) atoms. The Morgan fingerprint density at radius 1 is 1.39 bits per heavy atom. The van der Waals surface area contributed by atoms with Crippen molar-refractivity contribution in [3.05, 3.63) is 30.7 Å². The van der Waals surface area contributed by atoms with Crippen LogP contribution in [-0.4, -0.2) is 32.6 Å². The average molecular weight is 247 g/mol. The molecule has 0 spiro atoms. The van der Waals surface area contributed by atoms with Gasteiger partial charge in [-0.1, -0.05) is 0 Å². The summed E-state index contributed by atoms with van der Waals surface area (Å²) in [5.74, 6) is 1.19. The molecule has 0 saturated carbocycles. The Labute approximate surface area is 103 Å². The Balaban J connectivity index is 1.94. The van der Waals surface area contributed by atoms with Gasteiger partial charge in [-0.2, -0.15) is 0 Å². The van der Waals surface area contributed by atoms with Crippen molar-refractivity contribution in [3.8, 4) is 0 Å². The minimum absolute atomic E-state index is 0.0450. The molecule has 2 rings (SSSR count). The van der Waals surface area contributed by atoms with E-state index >= 15 is 0 Å². The number of aromatic nitrogens is 3. The van der Waals surface area contributed by atoms with E-state index in [1.165, 1.54) is 6.33 Å². The van der Waals surface area contributed by atoms with Crippen LogP contribution in [0.5, 0.6) is 0 Å². The highest BCUT2D eigenvalue weighted by Crippen LogP contribution is 2.13. The average Bonchev–Trinajstić information content (AvgIpc) is 2.82. The number of nitrogens with one attached hydrogen (secondary N) is 3. The number of carboxylic acid groups (broad SMARTS) is 1. The van der Waals surface area contributed by atoms with Crippen LogP contribution in [0.25, 0.3) is 0 Å². The standard InChI is InChI=1S/C11H13N5O2/c17-11(18)3-5-13-9-6-10(15-7-14-9)16-8-2-1-4-12-8/h1-2,4,6-7,12H,3,5H2,(H,17,18)(H2,13,14,15,16). The summed E-state index contributed by atoms with van der Waals surface area (Å²) in [6.45, 7) is 0.328. The van der Waals surface area contributed by atoms with Gasteiger partial charge >= 0.3 is 5.97 Å². The lowest BCUT2D eigenvalue weighted by Crippen LogP contribution is -2.09. The van der Waals surface area contributed by atoms with Crippen LogP contribution in [0.4, 0.5) is 17.5 Å². The summed E-state index contributed by atoms with van der Waals surface area (Å²) in [6.07, 6.45) is 3.26. The summed E-state index contributed by atoms with van der Waals surface area (Å²) < 4.78 is 0. The van der Waals surface area contributed by atoms with E-state index in [0.717, 1.165) is 5.82 Å². The van der Waals surface area contributed by atoms with Gasteiger partial charge in [-0.05, 0) is 12.1 Å². The van der Waals surface area contributed by atoms with Gasteiger partial charge in [-0.3, -0.25) is 4.79 Å². The molecule has 2 aromatic heterocycles. The molecule has 0 aliphatic heterocycles. The Kier molecular flexibility index (Phi) is 3.75. The molecule has 7 nitrogen and oxygen atoms in total. The Morgan fingerprint density at radius 2 is 2.22 bits per heavy atom. The van der Waals surface area contributed by atoms with Gasteiger partial charge in [0.2, 0.25) is 0 Å². The zero-order valence-corrected chi connectivity index (χ0v) is 9.55. The number of nitrogens with zero attached hydrogens (tertiary/aromatic N) is 2. The largest absolute Gasteiger partial charge is 0.481 e. The number of hydrogen-bond donors (Lipinski definition) is 4. The normalized spacial score (nSPS) is 10.0. The molecule has 0 amide bonds. The number of aliphatic carboxylic acids is 1. The molecule has 0 radical (unpaired) electrons. The molecule has 0 bridgehead atoms. The maximum Gasteiger partial charge on any atom is 0.305 e. The van der Waals surface area contributed by atoms with Crippen molar-refractivity contribution in [2.75, 3.05) is 17.2 Å². The van der Waals surface area contributed by atoms with Crippen molar-refractivity contribution in [1.29, 1.82) is 0 Å². The maximum absolute atomic E-state index is 10.4. The van der Waals surface area contributed by atoms with Crippen molar-refractivity contribution in [1.82, 2.24) is 15.0 Å². The molecule has 2 heterocycles. The van der Waals surface area contributed by atoms with Crippen LogP contribution >= 0.6 is 0 Å². The molecular formula is C11H13N5O2. The second kappa shape index (κ2) is 5.67. The van der Waals surface area contributed by atoms with Crippen LogP contribution in [0.15, 0.2) is 30.7 Å². The molecule has 4 N–H and O–H groups in total. The van der Waals surface area contributed by atoms with E-state index in [0.29, 0.717) is 18.2 Å². The summed E-state index contributed by atoms with van der Waals surface area (Å²) in [7, 11) is 0. The zero-order valence-electron chi connectivity index (χ0n) is 9.55. The first-order chi connectivity index (χ1) is 8.74.